The Balaban J connectivity index is 1.22. The number of alkyl halides is 3. The number of benzene rings is 2. The maximum Gasteiger partial charge on any atom is 0.453 e. The maximum atomic E-state index is 14.3. The average molecular weight is 670 g/mol. The van der Waals surface area contributed by atoms with Gasteiger partial charge in [-0.15, -0.1) is 5.10 Å². The lowest BCUT2D eigenvalue weighted by Gasteiger charge is -2.41. The topological polar surface area (TPSA) is 126 Å². The molecule has 2 aliphatic rings. The predicted molar refractivity (Wildman–Crippen MR) is 170 cm³/mol. The number of carbonyl (C=O) groups excluding carboxylic acids is 1. The molecule has 2 aliphatic heterocycles. The number of morpholine rings is 1. The average Bonchev–Trinajstić information content (AvgIpc) is 3.75. The van der Waals surface area contributed by atoms with Crippen LogP contribution in [0.25, 0.3) is 16.6 Å². The monoisotopic (exact) mass is 669 g/mol. The number of aromatic amines is 1. The number of nitrogens with zero attached hydrogens (tertiary/aromatic N) is 8. The molecule has 0 aliphatic carbocycles. The van der Waals surface area contributed by atoms with Gasteiger partial charge in [0.25, 0.3) is 11.7 Å². The second-order valence-electron chi connectivity index (χ2n) is 11.9. The van der Waals surface area contributed by atoms with Gasteiger partial charge in [0.2, 0.25) is 0 Å². The number of H-pyrrole nitrogens is 1. The summed E-state index contributed by atoms with van der Waals surface area (Å²) < 4.78 is 52.3. The number of para-hydroxylation sites is 1. The van der Waals surface area contributed by atoms with Gasteiger partial charge in [0, 0.05) is 69.0 Å². The molecule has 4 heterocycles. The number of hydrogen-bond donors (Lipinski definition) is 1. The zero-order valence-corrected chi connectivity index (χ0v) is 26.8. The highest BCUT2D eigenvalue weighted by molar-refractivity contribution is 5.98. The molecule has 2 aromatic carbocycles. The molecule has 16 heteroatoms. The highest BCUT2D eigenvalue weighted by Gasteiger charge is 2.39. The molecule has 1 N–H and O–H groups in total. The second kappa shape index (κ2) is 14.7. The summed E-state index contributed by atoms with van der Waals surface area (Å²) in [5.41, 5.74) is 2.97. The first-order chi connectivity index (χ1) is 23.2. The molecule has 0 bridgehead atoms. The number of aromatic nitrogens is 5. The van der Waals surface area contributed by atoms with Crippen molar-refractivity contribution in [3.05, 3.63) is 65.6 Å². The lowest BCUT2D eigenvalue weighted by atomic mass is 9.99. The third-order valence-corrected chi connectivity index (χ3v) is 8.61. The third kappa shape index (κ3) is 7.61. The number of amides is 1. The molecule has 256 valence electrons. The molecule has 2 aromatic heterocycles. The van der Waals surface area contributed by atoms with Crippen LogP contribution in [0.4, 0.5) is 13.2 Å². The van der Waals surface area contributed by atoms with Crippen molar-refractivity contribution in [3.8, 4) is 11.4 Å². The molecule has 2 saturated heterocycles. The summed E-state index contributed by atoms with van der Waals surface area (Å²) >= 11 is 0. The van der Waals surface area contributed by atoms with Crippen molar-refractivity contribution in [1.29, 1.82) is 0 Å². The zero-order valence-electron chi connectivity index (χ0n) is 26.8. The van der Waals surface area contributed by atoms with Crippen LogP contribution in [-0.4, -0.2) is 130 Å². The highest BCUT2D eigenvalue weighted by Crippen LogP contribution is 2.31. The van der Waals surface area contributed by atoms with E-state index in [4.69, 9.17) is 14.3 Å². The van der Waals surface area contributed by atoms with E-state index >= 15 is 0 Å². The zero-order chi connectivity index (χ0) is 33.7. The van der Waals surface area contributed by atoms with E-state index in [1.54, 1.807) is 4.90 Å². The predicted octanol–water partition coefficient (Wildman–Crippen LogP) is 3.26. The Morgan fingerprint density at radius 2 is 1.92 bits per heavy atom. The van der Waals surface area contributed by atoms with Crippen LogP contribution in [0.2, 0.25) is 0 Å². The number of fused-ring (bicyclic) bond motifs is 1. The second-order valence-corrected chi connectivity index (χ2v) is 11.9. The first kappa shape index (κ1) is 33.4. The Hall–Kier alpha value is -4.54. The number of oxime groups is 1. The molecular formula is C32H38F3N9O4. The minimum absolute atomic E-state index is 0.0104. The number of carbonyl (C=O) groups is 1. The minimum atomic E-state index is -4.79. The van der Waals surface area contributed by atoms with Crippen molar-refractivity contribution < 1.29 is 32.3 Å². The van der Waals surface area contributed by atoms with Crippen molar-refractivity contribution in [3.63, 3.8) is 0 Å². The van der Waals surface area contributed by atoms with Gasteiger partial charge in [-0.2, -0.15) is 17.9 Å². The van der Waals surface area contributed by atoms with Crippen LogP contribution in [0.3, 0.4) is 0 Å². The smallest absolute Gasteiger partial charge is 0.453 e. The number of rotatable bonds is 11. The van der Waals surface area contributed by atoms with Gasteiger partial charge in [0.05, 0.1) is 37.3 Å². The first-order valence-electron chi connectivity index (χ1n) is 15.8. The molecule has 6 rings (SSSR count). The van der Waals surface area contributed by atoms with E-state index in [2.05, 4.69) is 35.5 Å². The van der Waals surface area contributed by atoms with Gasteiger partial charge in [0.15, 0.2) is 0 Å². The molecule has 1 amide bonds. The number of ether oxygens (including phenoxy) is 2. The van der Waals surface area contributed by atoms with Gasteiger partial charge in [-0.1, -0.05) is 23.4 Å². The molecule has 0 spiro atoms. The van der Waals surface area contributed by atoms with Gasteiger partial charge in [0.1, 0.15) is 12.4 Å². The Kier molecular flexibility index (Phi) is 10.2. The van der Waals surface area contributed by atoms with Gasteiger partial charge in [-0.3, -0.25) is 14.6 Å². The number of methoxy groups -OCH3 is 1. The van der Waals surface area contributed by atoms with Crippen LogP contribution in [0.15, 0.2) is 53.8 Å². The van der Waals surface area contributed by atoms with Gasteiger partial charge < -0.3 is 24.2 Å². The number of halogens is 3. The van der Waals surface area contributed by atoms with E-state index in [1.807, 2.05) is 37.4 Å². The van der Waals surface area contributed by atoms with Gasteiger partial charge >= 0.3 is 6.18 Å². The Morgan fingerprint density at radius 3 is 2.71 bits per heavy atom. The summed E-state index contributed by atoms with van der Waals surface area (Å²) in [5, 5.41) is 15.3. The summed E-state index contributed by atoms with van der Waals surface area (Å²) in [6.45, 7) is 8.45. The van der Waals surface area contributed by atoms with Gasteiger partial charge in [-0.25, -0.2) is 0 Å². The van der Waals surface area contributed by atoms with E-state index in [-0.39, 0.29) is 28.9 Å². The van der Waals surface area contributed by atoms with E-state index in [9.17, 15) is 18.0 Å². The van der Waals surface area contributed by atoms with E-state index in [0.29, 0.717) is 43.9 Å². The fourth-order valence-corrected chi connectivity index (χ4v) is 6.25. The molecule has 2 fully saturated rings. The maximum absolute atomic E-state index is 14.3. The van der Waals surface area contributed by atoms with Crippen molar-refractivity contribution in [2.75, 3.05) is 72.7 Å². The Bertz CT molecular complexity index is 1730. The highest BCUT2D eigenvalue weighted by atomic mass is 19.4. The van der Waals surface area contributed by atoms with Crippen molar-refractivity contribution in [2.45, 2.75) is 25.6 Å². The number of nitrogens with one attached hydrogen (secondary N) is 1. The lowest BCUT2D eigenvalue weighted by molar-refractivity contribution is -0.146. The summed E-state index contributed by atoms with van der Waals surface area (Å²) in [6, 6.07) is 11.9. The van der Waals surface area contributed by atoms with Crippen molar-refractivity contribution in [2.24, 2.45) is 5.16 Å². The Morgan fingerprint density at radius 1 is 1.10 bits per heavy atom. The first-order valence-corrected chi connectivity index (χ1v) is 15.8. The van der Waals surface area contributed by atoms with Crippen LogP contribution in [0.5, 0.6) is 5.75 Å². The Labute approximate surface area is 275 Å². The van der Waals surface area contributed by atoms with Crippen LogP contribution in [0.1, 0.15) is 28.7 Å². The minimum Gasteiger partial charge on any atom is -0.496 e. The van der Waals surface area contributed by atoms with Crippen LogP contribution >= 0.6 is 0 Å². The van der Waals surface area contributed by atoms with Crippen LogP contribution < -0.4 is 4.74 Å². The van der Waals surface area contributed by atoms with E-state index in [1.165, 1.54) is 25.3 Å². The van der Waals surface area contributed by atoms with Crippen LogP contribution in [-0.2, 0) is 22.2 Å². The molecule has 1 atom stereocenters. The third-order valence-electron chi connectivity index (χ3n) is 8.61. The largest absolute Gasteiger partial charge is 0.496 e. The standard InChI is InChI=1S/C32H38F3N9O4/c1-22(38-48-16-13-41-11-14-47-15-12-41)20-42-9-10-43(25(21-42)17-23-19-36-28-6-4-3-5-26(23)28)30(45)27-18-24(7-8-29(27)46-2)44-31(32(33,34)35)37-39-40-44/h3-8,18-19,25,36H,9-17,20-21H2,1-2H3/b38-22+/t25-/m1/s1. The lowest BCUT2D eigenvalue weighted by Crippen LogP contribution is -2.56. The SMILES string of the molecule is COc1ccc(-n2nnnc2C(F)(F)F)cc1C(=O)N1CCN(C/C(C)=N/OCCN2CCOCC2)C[C@H]1Cc1c[nH]c2ccccc12. The van der Waals surface area contributed by atoms with E-state index < -0.39 is 12.0 Å². The van der Waals surface area contributed by atoms with E-state index in [0.717, 1.165) is 55.0 Å². The fraction of sp³-hybridized carbons (Fsp3) is 0.469. The quantitative estimate of drug-likeness (QED) is 0.146. The normalized spacial score (nSPS) is 18.4. The molecule has 13 nitrogen and oxygen atoms in total. The van der Waals surface area contributed by atoms with Crippen molar-refractivity contribution >= 4 is 22.5 Å². The molecule has 0 radical (unpaired) electrons. The molecule has 4 aromatic rings. The number of piperazine rings is 1. The molecule has 0 saturated carbocycles. The molecule has 48 heavy (non-hydrogen) atoms. The summed E-state index contributed by atoms with van der Waals surface area (Å²) in [4.78, 5) is 29.5. The summed E-state index contributed by atoms with van der Waals surface area (Å²) in [7, 11) is 1.41. The summed E-state index contributed by atoms with van der Waals surface area (Å²) in [5.74, 6) is -1.42. The number of tetrazole rings is 1. The summed E-state index contributed by atoms with van der Waals surface area (Å²) in [6.07, 6.45) is -2.28. The molecular weight excluding hydrogens is 631 g/mol. The van der Waals surface area contributed by atoms with Crippen LogP contribution in [0, 0.1) is 0 Å². The fourth-order valence-electron chi connectivity index (χ4n) is 6.25. The van der Waals surface area contributed by atoms with Gasteiger partial charge in [-0.05, 0) is 53.6 Å². The van der Waals surface area contributed by atoms with Crippen molar-refractivity contribution in [1.82, 2.24) is 39.9 Å². The number of hydrogen-bond acceptors (Lipinski definition) is 10. The molecule has 0 unspecified atom stereocenters.